The summed E-state index contributed by atoms with van der Waals surface area (Å²) in [6, 6.07) is 0. The maximum atomic E-state index is 5.93. The van der Waals surface area contributed by atoms with Gasteiger partial charge >= 0.3 is 0 Å². The summed E-state index contributed by atoms with van der Waals surface area (Å²) in [5, 5.41) is 0. The van der Waals surface area contributed by atoms with Crippen LogP contribution in [0.2, 0.25) is 0 Å². The second-order valence-corrected chi connectivity index (χ2v) is 5.46. The molecule has 0 saturated heterocycles. The summed E-state index contributed by atoms with van der Waals surface area (Å²) in [5.41, 5.74) is 7.54. The summed E-state index contributed by atoms with van der Waals surface area (Å²) in [6.45, 7) is 4.30. The number of nitrogen functional groups attached to an aromatic ring is 1. The molecule has 0 aliphatic heterocycles. The Hall–Kier alpha value is -1.31. The van der Waals surface area contributed by atoms with E-state index < -0.39 is 0 Å². The lowest BCUT2D eigenvalue weighted by molar-refractivity contribution is 0.632. The monoisotopic (exact) mass is 355 g/mol. The lowest BCUT2D eigenvalue weighted by Crippen LogP contribution is -2.08. The van der Waals surface area contributed by atoms with Gasteiger partial charge < -0.3 is 5.73 Å². The number of nitrogens with two attached hydrogens (primary N) is 1. The molecule has 2 aromatic rings. The van der Waals surface area contributed by atoms with Crippen molar-refractivity contribution in [2.24, 2.45) is 5.92 Å². The predicted octanol–water partition coefficient (Wildman–Crippen LogP) is 2.32. The van der Waals surface area contributed by atoms with Gasteiger partial charge in [0.2, 0.25) is 0 Å². The molecule has 0 atom stereocenters. The Morgan fingerprint density at radius 2 is 2.06 bits per heavy atom. The van der Waals surface area contributed by atoms with E-state index in [1.165, 1.54) is 0 Å². The summed E-state index contributed by atoms with van der Waals surface area (Å²) in [6.07, 6.45) is 5.75. The highest BCUT2D eigenvalue weighted by molar-refractivity contribution is 14.1. The Labute approximate surface area is 119 Å². The molecule has 0 aliphatic carbocycles. The van der Waals surface area contributed by atoms with Crippen LogP contribution >= 0.6 is 22.6 Å². The first kappa shape index (κ1) is 13.1. The minimum Gasteiger partial charge on any atom is -0.383 e. The lowest BCUT2D eigenvalue weighted by Gasteiger charge is -2.10. The summed E-state index contributed by atoms with van der Waals surface area (Å²) >= 11 is 2.19. The molecule has 0 amide bonds. The summed E-state index contributed by atoms with van der Waals surface area (Å²) in [4.78, 5) is 17.0. The summed E-state index contributed by atoms with van der Waals surface area (Å²) < 4.78 is 0.925. The number of rotatable bonds is 3. The SMILES string of the molecule is CC(C)Cc1nc(-c2cnccn2)nc(N)c1I. The number of hydrogen-bond acceptors (Lipinski definition) is 5. The second-order valence-electron chi connectivity index (χ2n) is 4.38. The molecule has 2 rings (SSSR count). The third kappa shape index (κ3) is 2.92. The smallest absolute Gasteiger partial charge is 0.182 e. The van der Waals surface area contributed by atoms with Crippen molar-refractivity contribution >= 4 is 28.4 Å². The predicted molar refractivity (Wildman–Crippen MR) is 78.7 cm³/mol. The van der Waals surface area contributed by atoms with Crippen LogP contribution in [0.5, 0.6) is 0 Å². The van der Waals surface area contributed by atoms with E-state index in [1.807, 2.05) is 0 Å². The van der Waals surface area contributed by atoms with Crippen molar-refractivity contribution in [1.82, 2.24) is 19.9 Å². The van der Waals surface area contributed by atoms with Gasteiger partial charge in [0.1, 0.15) is 11.5 Å². The van der Waals surface area contributed by atoms with Gasteiger partial charge in [-0.3, -0.25) is 4.98 Å². The van der Waals surface area contributed by atoms with Gasteiger partial charge in [-0.15, -0.1) is 0 Å². The molecule has 0 bridgehead atoms. The molecule has 0 saturated carbocycles. The average Bonchev–Trinajstić information content (AvgIpc) is 2.35. The lowest BCUT2D eigenvalue weighted by atomic mass is 10.1. The number of halogens is 1. The van der Waals surface area contributed by atoms with Crippen molar-refractivity contribution in [3.8, 4) is 11.5 Å². The third-order valence-corrected chi connectivity index (χ3v) is 3.51. The van der Waals surface area contributed by atoms with Gasteiger partial charge in [-0.05, 0) is 34.9 Å². The van der Waals surface area contributed by atoms with Crippen LogP contribution in [-0.2, 0) is 6.42 Å². The van der Waals surface area contributed by atoms with E-state index in [0.29, 0.717) is 23.3 Å². The van der Waals surface area contributed by atoms with Crippen LogP contribution in [0.4, 0.5) is 5.82 Å². The zero-order chi connectivity index (χ0) is 13.1. The minimum absolute atomic E-state index is 0.502. The minimum atomic E-state index is 0.502. The van der Waals surface area contributed by atoms with Crippen LogP contribution in [0.1, 0.15) is 19.5 Å². The molecule has 5 nitrogen and oxygen atoms in total. The van der Waals surface area contributed by atoms with Crippen molar-refractivity contribution in [1.29, 1.82) is 0 Å². The van der Waals surface area contributed by atoms with Gasteiger partial charge in [0.05, 0.1) is 15.5 Å². The van der Waals surface area contributed by atoms with Gasteiger partial charge in [0.15, 0.2) is 5.82 Å². The van der Waals surface area contributed by atoms with Crippen molar-refractivity contribution < 1.29 is 0 Å². The normalized spacial score (nSPS) is 10.9. The zero-order valence-corrected chi connectivity index (χ0v) is 12.4. The van der Waals surface area contributed by atoms with E-state index in [1.54, 1.807) is 18.6 Å². The van der Waals surface area contributed by atoms with Crippen LogP contribution in [0.3, 0.4) is 0 Å². The molecule has 18 heavy (non-hydrogen) atoms. The number of anilines is 1. The van der Waals surface area contributed by atoms with E-state index in [-0.39, 0.29) is 0 Å². The topological polar surface area (TPSA) is 77.6 Å². The fourth-order valence-corrected chi connectivity index (χ4v) is 2.03. The van der Waals surface area contributed by atoms with E-state index in [4.69, 9.17) is 5.73 Å². The Morgan fingerprint density at radius 3 is 2.67 bits per heavy atom. The first-order chi connectivity index (χ1) is 8.58. The third-order valence-electron chi connectivity index (χ3n) is 2.34. The quantitative estimate of drug-likeness (QED) is 0.855. The zero-order valence-electron chi connectivity index (χ0n) is 10.3. The molecule has 0 aromatic carbocycles. The Bertz CT molecular complexity index is 542. The second kappa shape index (κ2) is 5.55. The molecule has 0 spiro atoms. The van der Waals surface area contributed by atoms with Crippen molar-refractivity contribution in [2.75, 3.05) is 5.73 Å². The van der Waals surface area contributed by atoms with Gasteiger partial charge in [-0.2, -0.15) is 0 Å². The molecule has 0 radical (unpaired) electrons. The van der Waals surface area contributed by atoms with Crippen molar-refractivity contribution in [3.63, 3.8) is 0 Å². The van der Waals surface area contributed by atoms with Crippen LogP contribution in [0.25, 0.3) is 11.5 Å². The van der Waals surface area contributed by atoms with E-state index >= 15 is 0 Å². The van der Waals surface area contributed by atoms with Crippen LogP contribution in [0.15, 0.2) is 18.6 Å². The fraction of sp³-hybridized carbons (Fsp3) is 0.333. The molecule has 2 N–H and O–H groups in total. The Kier molecular flexibility index (Phi) is 4.05. The van der Waals surface area contributed by atoms with E-state index in [9.17, 15) is 0 Å². The molecule has 2 heterocycles. The molecule has 0 fully saturated rings. The molecule has 6 heteroatoms. The van der Waals surface area contributed by atoms with Gasteiger partial charge in [0, 0.05) is 12.4 Å². The van der Waals surface area contributed by atoms with Crippen LogP contribution in [0, 0.1) is 9.49 Å². The standard InChI is InChI=1S/C12H14IN5/c1-7(2)5-8-10(13)11(14)18-12(17-8)9-6-15-3-4-16-9/h3-4,6-7H,5H2,1-2H3,(H2,14,17,18). The van der Waals surface area contributed by atoms with Crippen molar-refractivity contribution in [2.45, 2.75) is 20.3 Å². The van der Waals surface area contributed by atoms with Crippen molar-refractivity contribution in [3.05, 3.63) is 27.9 Å². The molecule has 0 unspecified atom stereocenters. The Morgan fingerprint density at radius 1 is 1.28 bits per heavy atom. The fourth-order valence-electron chi connectivity index (χ4n) is 1.56. The van der Waals surface area contributed by atoms with Crippen LogP contribution in [-0.4, -0.2) is 19.9 Å². The first-order valence-electron chi connectivity index (χ1n) is 5.66. The van der Waals surface area contributed by atoms with E-state index in [2.05, 4.69) is 56.4 Å². The van der Waals surface area contributed by atoms with Gasteiger partial charge in [0.25, 0.3) is 0 Å². The molecule has 0 aliphatic rings. The maximum Gasteiger partial charge on any atom is 0.182 e. The van der Waals surface area contributed by atoms with E-state index in [0.717, 1.165) is 15.7 Å². The summed E-state index contributed by atoms with van der Waals surface area (Å²) in [5.74, 6) is 1.56. The molecule has 94 valence electrons. The van der Waals surface area contributed by atoms with Crippen LogP contribution < -0.4 is 5.73 Å². The highest BCUT2D eigenvalue weighted by Crippen LogP contribution is 2.22. The van der Waals surface area contributed by atoms with Gasteiger partial charge in [-0.1, -0.05) is 13.8 Å². The largest absolute Gasteiger partial charge is 0.383 e. The number of hydrogen-bond donors (Lipinski definition) is 1. The summed E-state index contributed by atoms with van der Waals surface area (Å²) in [7, 11) is 0. The maximum absolute atomic E-state index is 5.93. The average molecular weight is 355 g/mol. The molecular formula is C12H14IN5. The number of aromatic nitrogens is 4. The van der Waals surface area contributed by atoms with Gasteiger partial charge in [-0.25, -0.2) is 15.0 Å². The first-order valence-corrected chi connectivity index (χ1v) is 6.74. The molecular weight excluding hydrogens is 341 g/mol. The Balaban J connectivity index is 2.47. The highest BCUT2D eigenvalue weighted by atomic mass is 127. The molecule has 2 aromatic heterocycles. The number of nitrogens with zero attached hydrogens (tertiary/aromatic N) is 4. The highest BCUT2D eigenvalue weighted by Gasteiger charge is 2.13.